The third-order valence-corrected chi connectivity index (χ3v) is 3.46. The molecule has 0 spiro atoms. The second kappa shape index (κ2) is 4.60. The van der Waals surface area contributed by atoms with Crippen molar-refractivity contribution in [3.05, 3.63) is 28.6 Å². The summed E-state index contributed by atoms with van der Waals surface area (Å²) in [5.74, 6) is 0.761. The van der Waals surface area contributed by atoms with Gasteiger partial charge in [0, 0.05) is 16.8 Å². The second-order valence-corrected chi connectivity index (χ2v) is 5.96. The number of rotatable bonds is 3. The van der Waals surface area contributed by atoms with E-state index in [1.807, 2.05) is 6.07 Å². The molecule has 1 N–H and O–H groups in total. The molecule has 5 nitrogen and oxygen atoms in total. The topological polar surface area (TPSA) is 63.0 Å². The van der Waals surface area contributed by atoms with Crippen LogP contribution in [-0.4, -0.2) is 24.4 Å². The Kier molecular flexibility index (Phi) is 3.33. The van der Waals surface area contributed by atoms with E-state index >= 15 is 0 Å². The molecule has 0 radical (unpaired) electrons. The summed E-state index contributed by atoms with van der Waals surface area (Å²) in [7, 11) is 0. The number of hydrogen-bond acceptors (Lipinski definition) is 3. The first-order chi connectivity index (χ1) is 8.00. The lowest BCUT2D eigenvalue weighted by atomic mass is 9.90. The fraction of sp³-hybridized carbons (Fsp3) is 0.545. The highest BCUT2D eigenvalue weighted by Crippen LogP contribution is 2.30. The van der Waals surface area contributed by atoms with Crippen LogP contribution in [0.2, 0.25) is 0 Å². The summed E-state index contributed by atoms with van der Waals surface area (Å²) in [6.07, 6.45) is 1.53. The van der Waals surface area contributed by atoms with Crippen LogP contribution < -0.4 is 5.69 Å². The average molecular weight is 299 g/mol. The van der Waals surface area contributed by atoms with E-state index in [0.717, 1.165) is 5.69 Å². The zero-order chi connectivity index (χ0) is 12.6. The SMILES string of the molecule is CC(C)C(c1cc2n[nH]c(=O)n2cn1)C(C)Br. The van der Waals surface area contributed by atoms with Gasteiger partial charge in [0.2, 0.25) is 0 Å². The first-order valence-corrected chi connectivity index (χ1v) is 6.49. The Labute approximate surface area is 107 Å². The van der Waals surface area contributed by atoms with E-state index in [9.17, 15) is 4.79 Å². The van der Waals surface area contributed by atoms with Crippen LogP contribution in [0, 0.1) is 5.92 Å². The van der Waals surface area contributed by atoms with Crippen LogP contribution in [0.25, 0.3) is 5.65 Å². The largest absolute Gasteiger partial charge is 0.348 e. The minimum Gasteiger partial charge on any atom is -0.246 e. The minimum atomic E-state index is -0.257. The van der Waals surface area contributed by atoms with Crippen LogP contribution in [0.5, 0.6) is 0 Å². The van der Waals surface area contributed by atoms with Gasteiger partial charge in [-0.15, -0.1) is 0 Å². The fourth-order valence-electron chi connectivity index (χ4n) is 2.11. The first kappa shape index (κ1) is 12.3. The molecule has 6 heteroatoms. The van der Waals surface area contributed by atoms with Crippen molar-refractivity contribution < 1.29 is 0 Å². The van der Waals surface area contributed by atoms with Gasteiger partial charge < -0.3 is 0 Å². The molecule has 2 unspecified atom stereocenters. The number of H-pyrrole nitrogens is 1. The summed E-state index contributed by atoms with van der Waals surface area (Å²) in [4.78, 5) is 16.0. The Hall–Kier alpha value is -1.17. The van der Waals surface area contributed by atoms with E-state index in [2.05, 4.69) is 51.9 Å². The van der Waals surface area contributed by atoms with Crippen LogP contribution in [0.4, 0.5) is 0 Å². The lowest BCUT2D eigenvalue weighted by Gasteiger charge is -2.22. The van der Waals surface area contributed by atoms with Gasteiger partial charge in [0.25, 0.3) is 0 Å². The van der Waals surface area contributed by atoms with Crippen molar-refractivity contribution in [2.24, 2.45) is 5.92 Å². The van der Waals surface area contributed by atoms with E-state index in [0.29, 0.717) is 22.3 Å². The van der Waals surface area contributed by atoms with Crippen molar-refractivity contribution in [2.45, 2.75) is 31.5 Å². The molecule has 92 valence electrons. The summed E-state index contributed by atoms with van der Waals surface area (Å²) in [5, 5.41) is 6.36. The Morgan fingerprint density at radius 2 is 2.12 bits per heavy atom. The molecule has 2 aromatic heterocycles. The van der Waals surface area contributed by atoms with Gasteiger partial charge in [-0.3, -0.25) is 0 Å². The van der Waals surface area contributed by atoms with E-state index in [-0.39, 0.29) is 5.69 Å². The van der Waals surface area contributed by atoms with Crippen molar-refractivity contribution in [2.75, 3.05) is 0 Å². The number of nitrogens with zero attached hydrogens (tertiary/aromatic N) is 3. The van der Waals surface area contributed by atoms with Gasteiger partial charge in [-0.2, -0.15) is 5.10 Å². The third-order valence-electron chi connectivity index (χ3n) is 2.89. The molecule has 2 rings (SSSR count). The molecule has 0 aliphatic carbocycles. The van der Waals surface area contributed by atoms with Crippen molar-refractivity contribution in [1.29, 1.82) is 0 Å². The number of fused-ring (bicyclic) bond motifs is 1. The Balaban J connectivity index is 2.51. The predicted octanol–water partition coefficient (Wildman–Crippen LogP) is 1.94. The molecule has 2 heterocycles. The molecule has 2 atom stereocenters. The Morgan fingerprint density at radius 3 is 2.71 bits per heavy atom. The summed E-state index contributed by atoms with van der Waals surface area (Å²) in [6, 6.07) is 1.86. The van der Waals surface area contributed by atoms with E-state index in [4.69, 9.17) is 0 Å². The van der Waals surface area contributed by atoms with Gasteiger partial charge in [-0.25, -0.2) is 19.3 Å². The second-order valence-electron chi connectivity index (χ2n) is 4.52. The van der Waals surface area contributed by atoms with Crippen LogP contribution >= 0.6 is 15.9 Å². The van der Waals surface area contributed by atoms with Crippen LogP contribution in [-0.2, 0) is 0 Å². The average Bonchev–Trinajstić information content (AvgIpc) is 2.59. The zero-order valence-electron chi connectivity index (χ0n) is 10.0. The molecule has 0 aromatic carbocycles. The van der Waals surface area contributed by atoms with Gasteiger partial charge in [0.1, 0.15) is 6.33 Å². The summed E-state index contributed by atoms with van der Waals surface area (Å²) < 4.78 is 1.40. The third kappa shape index (κ3) is 2.26. The van der Waals surface area contributed by atoms with Gasteiger partial charge in [0.05, 0.1) is 5.69 Å². The van der Waals surface area contributed by atoms with Crippen molar-refractivity contribution in [1.82, 2.24) is 19.6 Å². The summed E-state index contributed by atoms with van der Waals surface area (Å²) in [6.45, 7) is 6.42. The molecule has 0 aliphatic rings. The van der Waals surface area contributed by atoms with Gasteiger partial charge in [-0.05, 0) is 5.92 Å². The normalized spacial score (nSPS) is 15.4. The molecule has 2 aromatic rings. The molecule has 0 bridgehead atoms. The Bertz CT molecular complexity index is 564. The van der Waals surface area contributed by atoms with Crippen molar-refractivity contribution in [3.8, 4) is 0 Å². The van der Waals surface area contributed by atoms with Gasteiger partial charge >= 0.3 is 5.69 Å². The highest BCUT2D eigenvalue weighted by atomic mass is 79.9. The maximum absolute atomic E-state index is 11.3. The fourth-order valence-corrected chi connectivity index (χ4v) is 2.99. The molecular formula is C11H15BrN4O. The van der Waals surface area contributed by atoms with E-state index in [1.165, 1.54) is 10.7 Å². The monoisotopic (exact) mass is 298 g/mol. The lowest BCUT2D eigenvalue weighted by Crippen LogP contribution is -2.18. The summed E-state index contributed by atoms with van der Waals surface area (Å²) in [5.41, 5.74) is 1.31. The van der Waals surface area contributed by atoms with Crippen molar-refractivity contribution in [3.63, 3.8) is 0 Å². The number of aromatic amines is 1. The van der Waals surface area contributed by atoms with Gasteiger partial charge in [-0.1, -0.05) is 36.7 Å². The maximum Gasteiger partial charge on any atom is 0.348 e. The minimum absolute atomic E-state index is 0.257. The maximum atomic E-state index is 11.3. The number of nitrogens with one attached hydrogen (secondary N) is 1. The number of halogens is 1. The van der Waals surface area contributed by atoms with E-state index in [1.54, 1.807) is 0 Å². The number of hydrogen-bond donors (Lipinski definition) is 1. The predicted molar refractivity (Wildman–Crippen MR) is 69.6 cm³/mol. The Morgan fingerprint density at radius 1 is 1.41 bits per heavy atom. The highest BCUT2D eigenvalue weighted by Gasteiger charge is 2.22. The molecule has 0 aliphatic heterocycles. The lowest BCUT2D eigenvalue weighted by molar-refractivity contribution is 0.487. The summed E-state index contributed by atoms with van der Waals surface area (Å²) >= 11 is 3.61. The number of alkyl halides is 1. The van der Waals surface area contributed by atoms with Gasteiger partial charge in [0.15, 0.2) is 5.65 Å². The van der Waals surface area contributed by atoms with E-state index < -0.39 is 0 Å². The smallest absolute Gasteiger partial charge is 0.246 e. The molecular weight excluding hydrogens is 284 g/mol. The highest BCUT2D eigenvalue weighted by molar-refractivity contribution is 9.09. The van der Waals surface area contributed by atoms with Crippen molar-refractivity contribution >= 4 is 21.6 Å². The first-order valence-electron chi connectivity index (χ1n) is 5.57. The molecule has 17 heavy (non-hydrogen) atoms. The van der Waals surface area contributed by atoms with Crippen LogP contribution in [0.1, 0.15) is 32.4 Å². The van der Waals surface area contributed by atoms with Crippen LogP contribution in [0.15, 0.2) is 17.2 Å². The quantitative estimate of drug-likeness (QED) is 0.881. The van der Waals surface area contributed by atoms with Crippen LogP contribution in [0.3, 0.4) is 0 Å². The zero-order valence-corrected chi connectivity index (χ0v) is 11.6. The molecule has 0 fully saturated rings. The number of aromatic nitrogens is 4. The molecule has 0 saturated carbocycles. The molecule has 0 saturated heterocycles. The molecule has 0 amide bonds. The standard InChI is InChI=1S/C11H15BrN4O/c1-6(2)10(7(3)12)8-4-9-14-15-11(17)16(9)5-13-8/h4-7,10H,1-3H3,(H,15,17).